The van der Waals surface area contributed by atoms with Crippen molar-refractivity contribution in [1.29, 1.82) is 5.26 Å². The highest BCUT2D eigenvalue weighted by Crippen LogP contribution is 2.26. The van der Waals surface area contributed by atoms with Crippen LogP contribution in [0.4, 0.5) is 10.1 Å². The Bertz CT molecular complexity index is 1120. The molecule has 0 saturated carbocycles. The van der Waals surface area contributed by atoms with E-state index >= 15 is 0 Å². The summed E-state index contributed by atoms with van der Waals surface area (Å²) < 4.78 is 40.2. The van der Waals surface area contributed by atoms with Crippen molar-refractivity contribution < 1.29 is 17.6 Å². The number of nitrogens with zero attached hydrogens (tertiary/aromatic N) is 3. The van der Waals surface area contributed by atoms with Crippen LogP contribution in [0.1, 0.15) is 24.8 Å². The second-order valence-corrected chi connectivity index (χ2v) is 10.6. The lowest BCUT2D eigenvalue weighted by Crippen LogP contribution is -2.43. The molecule has 1 amide bonds. The summed E-state index contributed by atoms with van der Waals surface area (Å²) in [4.78, 5) is 15.0. The van der Waals surface area contributed by atoms with Crippen molar-refractivity contribution in [3.05, 3.63) is 59.9 Å². The van der Waals surface area contributed by atoms with Crippen LogP contribution in [0, 0.1) is 29.0 Å². The molecule has 2 aromatic rings. The number of benzene rings is 2. The number of nitrogens with one attached hydrogen (secondary N) is 1. The summed E-state index contributed by atoms with van der Waals surface area (Å²) >= 11 is 0. The average molecular weight is 471 g/mol. The van der Waals surface area contributed by atoms with E-state index in [9.17, 15) is 17.6 Å². The first-order valence-corrected chi connectivity index (χ1v) is 12.6. The number of anilines is 1. The first-order chi connectivity index (χ1) is 15.9. The zero-order valence-corrected chi connectivity index (χ0v) is 19.1. The van der Waals surface area contributed by atoms with Gasteiger partial charge in [-0.2, -0.15) is 9.57 Å². The number of piperidine rings is 1. The number of carbonyl (C=O) groups is 1. The first-order valence-electron chi connectivity index (χ1n) is 11.2. The molecule has 4 rings (SSSR count). The number of rotatable bonds is 6. The van der Waals surface area contributed by atoms with Crippen LogP contribution in [0.15, 0.2) is 53.4 Å². The summed E-state index contributed by atoms with van der Waals surface area (Å²) in [6, 6.07) is 14.3. The SMILES string of the molecule is N#Cc1ccc(S(=O)(=O)N2CCC(C(=O)NCC3CCN(c4ccc(F)cc4)C3)CC2)cc1. The average Bonchev–Trinajstić information content (AvgIpc) is 3.32. The van der Waals surface area contributed by atoms with Gasteiger partial charge in [0.2, 0.25) is 15.9 Å². The zero-order valence-electron chi connectivity index (χ0n) is 18.3. The number of halogens is 1. The predicted octanol–water partition coefficient (Wildman–Crippen LogP) is 2.74. The Morgan fingerprint density at radius 2 is 1.70 bits per heavy atom. The number of hydrogen-bond donors (Lipinski definition) is 1. The van der Waals surface area contributed by atoms with Crippen LogP contribution >= 0.6 is 0 Å². The summed E-state index contributed by atoms with van der Waals surface area (Å²) in [5, 5.41) is 11.9. The summed E-state index contributed by atoms with van der Waals surface area (Å²) in [5.41, 5.74) is 1.40. The minimum Gasteiger partial charge on any atom is -0.371 e. The van der Waals surface area contributed by atoms with Gasteiger partial charge in [0, 0.05) is 44.3 Å². The second kappa shape index (κ2) is 9.89. The number of hydrogen-bond acceptors (Lipinski definition) is 5. The van der Waals surface area contributed by atoms with Crippen molar-refractivity contribution in [3.8, 4) is 6.07 Å². The van der Waals surface area contributed by atoms with Gasteiger partial charge >= 0.3 is 0 Å². The largest absolute Gasteiger partial charge is 0.371 e. The molecule has 33 heavy (non-hydrogen) atoms. The van der Waals surface area contributed by atoms with Gasteiger partial charge in [-0.25, -0.2) is 12.8 Å². The topological polar surface area (TPSA) is 93.5 Å². The molecule has 0 radical (unpaired) electrons. The molecular weight excluding hydrogens is 443 g/mol. The van der Waals surface area contributed by atoms with E-state index in [1.54, 1.807) is 12.1 Å². The molecule has 2 aliphatic heterocycles. The van der Waals surface area contributed by atoms with E-state index in [4.69, 9.17) is 5.26 Å². The van der Waals surface area contributed by atoms with Crippen LogP contribution in [0.3, 0.4) is 0 Å². The fourth-order valence-electron chi connectivity index (χ4n) is 4.48. The van der Waals surface area contributed by atoms with Crippen LogP contribution in [0.5, 0.6) is 0 Å². The van der Waals surface area contributed by atoms with Crippen LogP contribution in [-0.4, -0.2) is 51.4 Å². The molecule has 2 fully saturated rings. The van der Waals surface area contributed by atoms with Crippen molar-refractivity contribution in [2.75, 3.05) is 37.6 Å². The molecule has 174 valence electrons. The van der Waals surface area contributed by atoms with Gasteiger partial charge in [-0.3, -0.25) is 4.79 Å². The van der Waals surface area contributed by atoms with Crippen LogP contribution in [-0.2, 0) is 14.8 Å². The Labute approximate surface area is 193 Å². The fraction of sp³-hybridized carbons (Fsp3) is 0.417. The van der Waals surface area contributed by atoms with Gasteiger partial charge in [0.05, 0.1) is 16.5 Å². The molecule has 0 aliphatic carbocycles. The van der Waals surface area contributed by atoms with E-state index in [0.29, 0.717) is 44.0 Å². The molecule has 2 saturated heterocycles. The standard InChI is InChI=1S/C24H27FN4O3S/c25-21-3-5-22(6-4-21)28-12-9-19(17-28)16-27-24(30)20-10-13-29(14-11-20)33(31,32)23-7-1-18(15-26)2-8-23/h1-8,19-20H,9-14,16-17H2,(H,27,30). The van der Waals surface area contributed by atoms with Gasteiger partial charge in [0.1, 0.15) is 5.82 Å². The highest BCUT2D eigenvalue weighted by molar-refractivity contribution is 7.89. The Balaban J connectivity index is 1.24. The van der Waals surface area contributed by atoms with Crippen molar-refractivity contribution in [1.82, 2.24) is 9.62 Å². The highest BCUT2D eigenvalue weighted by atomic mass is 32.2. The molecule has 0 spiro atoms. The third-order valence-corrected chi connectivity index (χ3v) is 8.40. The minimum atomic E-state index is -3.63. The molecule has 1 N–H and O–H groups in total. The minimum absolute atomic E-state index is 0.0225. The molecule has 2 aliphatic rings. The quantitative estimate of drug-likeness (QED) is 0.701. The van der Waals surface area contributed by atoms with E-state index < -0.39 is 10.0 Å². The Hall–Kier alpha value is -2.96. The second-order valence-electron chi connectivity index (χ2n) is 8.64. The van der Waals surface area contributed by atoms with E-state index in [1.807, 2.05) is 6.07 Å². The van der Waals surface area contributed by atoms with E-state index in [2.05, 4.69) is 10.2 Å². The van der Waals surface area contributed by atoms with Crippen LogP contribution in [0.2, 0.25) is 0 Å². The van der Waals surface area contributed by atoms with Crippen molar-refractivity contribution in [2.24, 2.45) is 11.8 Å². The van der Waals surface area contributed by atoms with Gasteiger partial charge in [-0.05, 0) is 73.7 Å². The molecule has 0 bridgehead atoms. The Morgan fingerprint density at radius 1 is 1.03 bits per heavy atom. The maximum atomic E-state index is 13.1. The molecular formula is C24H27FN4O3S. The lowest BCUT2D eigenvalue weighted by Gasteiger charge is -2.30. The van der Waals surface area contributed by atoms with Crippen LogP contribution in [0.25, 0.3) is 0 Å². The number of carbonyl (C=O) groups excluding carboxylic acids is 1. The monoisotopic (exact) mass is 470 g/mol. The van der Waals surface area contributed by atoms with E-state index in [1.165, 1.54) is 40.7 Å². The van der Waals surface area contributed by atoms with Gasteiger partial charge in [-0.15, -0.1) is 0 Å². The first kappa shape index (κ1) is 23.2. The summed E-state index contributed by atoms with van der Waals surface area (Å²) in [7, 11) is -3.63. The summed E-state index contributed by atoms with van der Waals surface area (Å²) in [6.07, 6.45) is 1.92. The van der Waals surface area contributed by atoms with Crippen molar-refractivity contribution in [3.63, 3.8) is 0 Å². The maximum Gasteiger partial charge on any atom is 0.243 e. The van der Waals surface area contributed by atoms with Crippen molar-refractivity contribution in [2.45, 2.75) is 24.2 Å². The molecule has 7 nitrogen and oxygen atoms in total. The lowest BCUT2D eigenvalue weighted by atomic mass is 9.97. The summed E-state index contributed by atoms with van der Waals surface area (Å²) in [6.45, 7) is 2.86. The van der Waals surface area contributed by atoms with Gasteiger partial charge in [0.25, 0.3) is 0 Å². The molecule has 0 aromatic heterocycles. The van der Waals surface area contributed by atoms with Crippen LogP contribution < -0.4 is 10.2 Å². The molecule has 1 unspecified atom stereocenters. The van der Waals surface area contributed by atoms with Crippen molar-refractivity contribution >= 4 is 21.6 Å². The van der Waals surface area contributed by atoms with E-state index in [0.717, 1.165) is 25.2 Å². The normalized spacial score (nSPS) is 19.9. The third-order valence-electron chi connectivity index (χ3n) is 6.49. The molecule has 2 aromatic carbocycles. The number of sulfonamides is 1. The lowest BCUT2D eigenvalue weighted by molar-refractivity contribution is -0.126. The molecule has 1 atom stereocenters. The summed E-state index contributed by atoms with van der Waals surface area (Å²) in [5.74, 6) is -0.147. The predicted molar refractivity (Wildman–Crippen MR) is 122 cm³/mol. The Kier molecular flexibility index (Phi) is 6.96. The van der Waals surface area contributed by atoms with E-state index in [-0.39, 0.29) is 22.5 Å². The fourth-order valence-corrected chi connectivity index (χ4v) is 5.95. The Morgan fingerprint density at radius 3 is 2.33 bits per heavy atom. The number of amides is 1. The molecule has 9 heteroatoms. The maximum absolute atomic E-state index is 13.1. The third kappa shape index (κ3) is 5.34. The molecule has 2 heterocycles. The number of nitriles is 1. The van der Waals surface area contributed by atoms with Gasteiger partial charge < -0.3 is 10.2 Å². The smallest absolute Gasteiger partial charge is 0.243 e. The zero-order chi connectivity index (χ0) is 23.4. The highest BCUT2D eigenvalue weighted by Gasteiger charge is 2.32. The van der Waals surface area contributed by atoms with Gasteiger partial charge in [-0.1, -0.05) is 0 Å². The van der Waals surface area contributed by atoms with Gasteiger partial charge in [0.15, 0.2) is 0 Å².